The summed E-state index contributed by atoms with van der Waals surface area (Å²) in [5.41, 5.74) is 1.38. The van der Waals surface area contributed by atoms with Crippen LogP contribution in [0.25, 0.3) is 0 Å². The van der Waals surface area contributed by atoms with Crippen molar-refractivity contribution in [3.05, 3.63) is 16.1 Å². The molecule has 3 nitrogen and oxygen atoms in total. The Morgan fingerprint density at radius 3 is 2.68 bits per heavy atom. The Morgan fingerprint density at radius 2 is 2.16 bits per heavy atom. The molecule has 0 amide bonds. The molecular weight excluding hydrogens is 254 g/mol. The van der Waals surface area contributed by atoms with E-state index in [4.69, 9.17) is 4.98 Å². The van der Waals surface area contributed by atoms with Gasteiger partial charge in [-0.2, -0.15) is 0 Å². The molecule has 0 radical (unpaired) electrons. The summed E-state index contributed by atoms with van der Waals surface area (Å²) in [7, 11) is 0. The van der Waals surface area contributed by atoms with E-state index >= 15 is 0 Å². The number of thiazole rings is 1. The maximum atomic E-state index is 4.71. The third-order valence-corrected chi connectivity index (χ3v) is 4.49. The summed E-state index contributed by atoms with van der Waals surface area (Å²) in [6, 6.07) is 0.874. The number of rotatable bonds is 7. The third-order valence-electron chi connectivity index (χ3n) is 3.64. The van der Waals surface area contributed by atoms with E-state index in [9.17, 15) is 0 Å². The number of hydrogen-bond donors (Lipinski definition) is 1. The second-order valence-electron chi connectivity index (χ2n) is 6.41. The lowest BCUT2D eigenvalue weighted by Crippen LogP contribution is -2.33. The highest BCUT2D eigenvalue weighted by atomic mass is 32.1. The van der Waals surface area contributed by atoms with Crippen LogP contribution in [0, 0.1) is 0 Å². The van der Waals surface area contributed by atoms with E-state index in [1.807, 2.05) is 0 Å². The lowest BCUT2D eigenvalue weighted by atomic mass is 9.93. The van der Waals surface area contributed by atoms with Gasteiger partial charge in [-0.25, -0.2) is 4.98 Å². The van der Waals surface area contributed by atoms with Crippen LogP contribution >= 0.6 is 11.3 Å². The van der Waals surface area contributed by atoms with Gasteiger partial charge in [-0.15, -0.1) is 11.3 Å². The molecule has 2 rings (SSSR count). The largest absolute Gasteiger partial charge is 0.309 e. The summed E-state index contributed by atoms with van der Waals surface area (Å²) in [6.07, 6.45) is 2.80. The maximum Gasteiger partial charge on any atom is 0.107 e. The Labute approximate surface area is 121 Å². The van der Waals surface area contributed by atoms with Crippen LogP contribution in [-0.4, -0.2) is 35.6 Å². The van der Waals surface area contributed by atoms with Gasteiger partial charge in [0, 0.05) is 36.5 Å². The van der Waals surface area contributed by atoms with Crippen LogP contribution in [0.15, 0.2) is 5.38 Å². The first-order valence-corrected chi connectivity index (χ1v) is 8.28. The van der Waals surface area contributed by atoms with Gasteiger partial charge in [0.25, 0.3) is 0 Å². The molecular formula is C15H27N3S. The van der Waals surface area contributed by atoms with Crippen molar-refractivity contribution in [2.45, 2.75) is 58.5 Å². The number of hydrogen-bond acceptors (Lipinski definition) is 4. The van der Waals surface area contributed by atoms with Crippen molar-refractivity contribution in [2.24, 2.45) is 0 Å². The molecule has 1 heterocycles. The number of nitrogens with zero attached hydrogens (tertiary/aromatic N) is 2. The molecule has 4 heteroatoms. The molecule has 1 aliphatic carbocycles. The van der Waals surface area contributed by atoms with Gasteiger partial charge in [0.1, 0.15) is 5.01 Å². The second-order valence-corrected chi connectivity index (χ2v) is 7.36. The Kier molecular flexibility index (Phi) is 4.98. The Morgan fingerprint density at radius 1 is 1.42 bits per heavy atom. The standard InChI is InChI=1S/C15H27N3S/c1-5-18(12-6-7-12)9-8-16-10-14-17-13(11-19-14)15(2,3)4/h11-12,16H,5-10H2,1-4H3. The molecule has 0 bridgehead atoms. The molecule has 1 aromatic rings. The highest BCUT2D eigenvalue weighted by Gasteiger charge is 2.27. The van der Waals surface area contributed by atoms with Crippen molar-refractivity contribution < 1.29 is 0 Å². The SMILES string of the molecule is CCN(CCNCc1nc(C(C)(C)C)cs1)C1CC1. The van der Waals surface area contributed by atoms with Crippen molar-refractivity contribution in [2.75, 3.05) is 19.6 Å². The normalized spacial score (nSPS) is 16.3. The summed E-state index contributed by atoms with van der Waals surface area (Å²) in [4.78, 5) is 7.29. The third kappa shape index (κ3) is 4.55. The molecule has 0 unspecified atom stereocenters. The monoisotopic (exact) mass is 281 g/mol. The van der Waals surface area contributed by atoms with Gasteiger partial charge in [-0.3, -0.25) is 4.90 Å². The molecule has 0 saturated heterocycles. The summed E-state index contributed by atoms with van der Waals surface area (Å²) in [6.45, 7) is 13.2. The van der Waals surface area contributed by atoms with E-state index in [-0.39, 0.29) is 5.41 Å². The van der Waals surface area contributed by atoms with Crippen LogP contribution in [0.4, 0.5) is 0 Å². The number of aromatic nitrogens is 1. The summed E-state index contributed by atoms with van der Waals surface area (Å²) < 4.78 is 0. The number of nitrogens with one attached hydrogen (secondary N) is 1. The zero-order chi connectivity index (χ0) is 13.9. The molecule has 0 aromatic carbocycles. The zero-order valence-corrected chi connectivity index (χ0v) is 13.5. The van der Waals surface area contributed by atoms with E-state index in [1.54, 1.807) is 11.3 Å². The predicted molar refractivity (Wildman–Crippen MR) is 82.8 cm³/mol. The van der Waals surface area contributed by atoms with E-state index in [2.05, 4.69) is 43.3 Å². The maximum absolute atomic E-state index is 4.71. The van der Waals surface area contributed by atoms with Gasteiger partial charge in [0.05, 0.1) is 5.69 Å². The topological polar surface area (TPSA) is 28.2 Å². The fourth-order valence-corrected chi connectivity index (χ4v) is 3.18. The lowest BCUT2D eigenvalue weighted by molar-refractivity contribution is 0.277. The van der Waals surface area contributed by atoms with E-state index in [1.165, 1.54) is 36.6 Å². The van der Waals surface area contributed by atoms with Crippen molar-refractivity contribution in [3.8, 4) is 0 Å². The first kappa shape index (κ1) is 14.9. The van der Waals surface area contributed by atoms with E-state index < -0.39 is 0 Å². The van der Waals surface area contributed by atoms with Crippen LogP contribution in [-0.2, 0) is 12.0 Å². The molecule has 1 saturated carbocycles. The van der Waals surface area contributed by atoms with E-state index in [0.29, 0.717) is 0 Å². The minimum atomic E-state index is 0.166. The van der Waals surface area contributed by atoms with Crippen molar-refractivity contribution >= 4 is 11.3 Å². The first-order valence-electron chi connectivity index (χ1n) is 7.40. The highest BCUT2D eigenvalue weighted by Crippen LogP contribution is 2.26. The molecule has 0 spiro atoms. The summed E-state index contributed by atoms with van der Waals surface area (Å²) in [5, 5.41) is 6.92. The first-order chi connectivity index (χ1) is 9.00. The summed E-state index contributed by atoms with van der Waals surface area (Å²) >= 11 is 1.77. The molecule has 108 valence electrons. The molecule has 1 N–H and O–H groups in total. The lowest BCUT2D eigenvalue weighted by Gasteiger charge is -2.19. The predicted octanol–water partition coefficient (Wildman–Crippen LogP) is 3.01. The van der Waals surface area contributed by atoms with Gasteiger partial charge in [0.2, 0.25) is 0 Å². The van der Waals surface area contributed by atoms with E-state index in [0.717, 1.165) is 19.1 Å². The average molecular weight is 281 g/mol. The average Bonchev–Trinajstić information content (AvgIpc) is 3.05. The summed E-state index contributed by atoms with van der Waals surface area (Å²) in [5.74, 6) is 0. The van der Waals surface area contributed by atoms with Crippen LogP contribution in [0.5, 0.6) is 0 Å². The van der Waals surface area contributed by atoms with Gasteiger partial charge >= 0.3 is 0 Å². The Bertz CT molecular complexity index is 390. The van der Waals surface area contributed by atoms with Gasteiger partial charge in [-0.05, 0) is 19.4 Å². The Hall–Kier alpha value is -0.450. The second kappa shape index (κ2) is 6.33. The molecule has 0 aliphatic heterocycles. The van der Waals surface area contributed by atoms with Crippen molar-refractivity contribution in [3.63, 3.8) is 0 Å². The van der Waals surface area contributed by atoms with Crippen LogP contribution in [0.3, 0.4) is 0 Å². The number of likely N-dealkylation sites (N-methyl/N-ethyl adjacent to an activating group) is 1. The van der Waals surface area contributed by atoms with Crippen LogP contribution in [0.1, 0.15) is 51.2 Å². The quantitative estimate of drug-likeness (QED) is 0.779. The highest BCUT2D eigenvalue weighted by molar-refractivity contribution is 7.09. The molecule has 19 heavy (non-hydrogen) atoms. The fourth-order valence-electron chi connectivity index (χ4n) is 2.19. The van der Waals surface area contributed by atoms with Gasteiger partial charge < -0.3 is 5.32 Å². The van der Waals surface area contributed by atoms with Crippen molar-refractivity contribution in [1.29, 1.82) is 0 Å². The molecule has 1 aliphatic rings. The van der Waals surface area contributed by atoms with Gasteiger partial charge in [0.15, 0.2) is 0 Å². The minimum Gasteiger partial charge on any atom is -0.309 e. The van der Waals surface area contributed by atoms with Gasteiger partial charge in [-0.1, -0.05) is 27.7 Å². The minimum absolute atomic E-state index is 0.166. The smallest absolute Gasteiger partial charge is 0.107 e. The molecule has 1 fully saturated rings. The zero-order valence-electron chi connectivity index (χ0n) is 12.7. The molecule has 1 aromatic heterocycles. The fraction of sp³-hybridized carbons (Fsp3) is 0.800. The molecule has 0 atom stereocenters. The van der Waals surface area contributed by atoms with Crippen LogP contribution < -0.4 is 5.32 Å². The Balaban J connectivity index is 1.69. The van der Waals surface area contributed by atoms with Crippen molar-refractivity contribution in [1.82, 2.24) is 15.2 Å². The van der Waals surface area contributed by atoms with Crippen LogP contribution in [0.2, 0.25) is 0 Å².